The summed E-state index contributed by atoms with van der Waals surface area (Å²) >= 11 is 6.19. The van der Waals surface area contributed by atoms with Crippen LogP contribution in [0, 0.1) is 6.92 Å². The van der Waals surface area contributed by atoms with Crippen molar-refractivity contribution in [1.82, 2.24) is 9.78 Å². The van der Waals surface area contributed by atoms with Crippen molar-refractivity contribution >= 4 is 11.6 Å². The lowest BCUT2D eigenvalue weighted by molar-refractivity contribution is 0.283. The third-order valence-electron chi connectivity index (χ3n) is 3.28. The Balaban J connectivity index is 2.18. The van der Waals surface area contributed by atoms with E-state index in [1.54, 1.807) is 11.8 Å². The molecule has 108 valence electrons. The number of halogens is 1. The number of ether oxygens (including phenoxy) is 2. The summed E-state index contributed by atoms with van der Waals surface area (Å²) in [7, 11) is 3.46. The van der Waals surface area contributed by atoms with Crippen molar-refractivity contribution in [3.05, 3.63) is 40.2 Å². The minimum absolute atomic E-state index is 0.375. The number of benzene rings is 1. The van der Waals surface area contributed by atoms with Gasteiger partial charge >= 0.3 is 0 Å². The predicted octanol–water partition coefficient (Wildman–Crippen LogP) is 3.53. The van der Waals surface area contributed by atoms with E-state index in [0.29, 0.717) is 17.5 Å². The van der Waals surface area contributed by atoms with E-state index in [1.165, 1.54) is 5.56 Å². The molecular formula is C15H19ClN2O2. The zero-order valence-electron chi connectivity index (χ0n) is 12.2. The highest BCUT2D eigenvalue weighted by Gasteiger charge is 2.13. The molecule has 4 nitrogen and oxygen atoms in total. The molecule has 0 unspecified atom stereocenters. The molecule has 5 heteroatoms. The van der Waals surface area contributed by atoms with Crippen molar-refractivity contribution in [3.8, 4) is 11.5 Å². The van der Waals surface area contributed by atoms with Crippen LogP contribution in [0.2, 0.25) is 5.15 Å². The Hall–Kier alpha value is -1.68. The van der Waals surface area contributed by atoms with Gasteiger partial charge in [0.15, 0.2) is 11.5 Å². The Morgan fingerprint density at radius 3 is 2.60 bits per heavy atom. The molecule has 20 heavy (non-hydrogen) atoms. The Morgan fingerprint density at radius 2 is 2.05 bits per heavy atom. The fourth-order valence-corrected chi connectivity index (χ4v) is 2.27. The summed E-state index contributed by atoms with van der Waals surface area (Å²) in [6.07, 6.45) is 0.962. The molecule has 0 radical (unpaired) electrons. The van der Waals surface area contributed by atoms with E-state index in [1.807, 2.05) is 32.2 Å². The number of hydrogen-bond donors (Lipinski definition) is 0. The van der Waals surface area contributed by atoms with Crippen LogP contribution in [0.15, 0.2) is 18.2 Å². The Labute approximate surface area is 124 Å². The van der Waals surface area contributed by atoms with Crippen LogP contribution in [0.4, 0.5) is 0 Å². The van der Waals surface area contributed by atoms with Gasteiger partial charge in [0.1, 0.15) is 11.8 Å². The highest BCUT2D eigenvalue weighted by Crippen LogP contribution is 2.30. The molecule has 0 atom stereocenters. The average molecular weight is 295 g/mol. The molecule has 0 saturated heterocycles. The lowest BCUT2D eigenvalue weighted by Crippen LogP contribution is -1.99. The van der Waals surface area contributed by atoms with Gasteiger partial charge in [0, 0.05) is 12.6 Å². The van der Waals surface area contributed by atoms with Crippen LogP contribution < -0.4 is 9.47 Å². The molecule has 0 aliphatic rings. The van der Waals surface area contributed by atoms with Gasteiger partial charge in [0.25, 0.3) is 0 Å². The zero-order valence-corrected chi connectivity index (χ0v) is 13.0. The second-order valence-corrected chi connectivity index (χ2v) is 4.96. The summed E-state index contributed by atoms with van der Waals surface area (Å²) in [6.45, 7) is 4.40. The van der Waals surface area contributed by atoms with Crippen molar-refractivity contribution in [1.29, 1.82) is 0 Å². The molecule has 0 aliphatic heterocycles. The predicted molar refractivity (Wildman–Crippen MR) is 79.7 cm³/mol. The topological polar surface area (TPSA) is 36.3 Å². The van der Waals surface area contributed by atoms with Gasteiger partial charge in [-0.1, -0.05) is 24.6 Å². The lowest BCUT2D eigenvalue weighted by Gasteiger charge is -2.11. The summed E-state index contributed by atoms with van der Waals surface area (Å²) < 4.78 is 12.8. The number of aryl methyl sites for hydroxylation is 3. The van der Waals surface area contributed by atoms with Gasteiger partial charge in [-0.25, -0.2) is 0 Å². The normalized spacial score (nSPS) is 10.7. The van der Waals surface area contributed by atoms with Crippen LogP contribution >= 0.6 is 11.6 Å². The minimum atomic E-state index is 0.375. The number of methoxy groups -OCH3 is 1. The molecule has 0 spiro atoms. The molecule has 0 fully saturated rings. The molecule has 0 N–H and O–H groups in total. The maximum Gasteiger partial charge on any atom is 0.161 e. The Morgan fingerprint density at radius 1 is 1.30 bits per heavy atom. The van der Waals surface area contributed by atoms with E-state index < -0.39 is 0 Å². The molecule has 1 heterocycles. The maximum absolute atomic E-state index is 6.19. The Kier molecular flexibility index (Phi) is 4.55. The third kappa shape index (κ3) is 2.90. The summed E-state index contributed by atoms with van der Waals surface area (Å²) in [5.41, 5.74) is 2.99. The first-order valence-corrected chi connectivity index (χ1v) is 6.92. The maximum atomic E-state index is 6.19. The van der Waals surface area contributed by atoms with Gasteiger partial charge in [0.05, 0.1) is 12.8 Å². The van der Waals surface area contributed by atoms with E-state index in [2.05, 4.69) is 12.0 Å². The van der Waals surface area contributed by atoms with Crippen molar-refractivity contribution in [2.24, 2.45) is 7.05 Å². The van der Waals surface area contributed by atoms with Gasteiger partial charge < -0.3 is 9.47 Å². The van der Waals surface area contributed by atoms with Crippen LogP contribution in [-0.2, 0) is 20.1 Å². The average Bonchev–Trinajstić information content (AvgIpc) is 2.70. The van der Waals surface area contributed by atoms with Crippen molar-refractivity contribution in [2.45, 2.75) is 26.9 Å². The van der Waals surface area contributed by atoms with Gasteiger partial charge in [-0.05, 0) is 31.0 Å². The summed E-state index contributed by atoms with van der Waals surface area (Å²) in [5.74, 6) is 1.45. The number of nitrogens with zero attached hydrogens (tertiary/aromatic N) is 2. The minimum Gasteiger partial charge on any atom is -0.493 e. The summed E-state index contributed by atoms with van der Waals surface area (Å²) in [6, 6.07) is 5.96. The summed E-state index contributed by atoms with van der Waals surface area (Å²) in [4.78, 5) is 0. The first kappa shape index (κ1) is 14.7. The highest BCUT2D eigenvalue weighted by molar-refractivity contribution is 6.30. The molecule has 0 saturated carbocycles. The Bertz CT molecular complexity index is 608. The second kappa shape index (κ2) is 6.18. The van der Waals surface area contributed by atoms with Crippen LogP contribution in [0.1, 0.15) is 23.7 Å². The van der Waals surface area contributed by atoms with E-state index in [0.717, 1.165) is 23.4 Å². The fourth-order valence-electron chi connectivity index (χ4n) is 2.04. The number of rotatable bonds is 5. The monoisotopic (exact) mass is 294 g/mol. The highest BCUT2D eigenvalue weighted by atomic mass is 35.5. The second-order valence-electron chi connectivity index (χ2n) is 4.61. The first-order valence-electron chi connectivity index (χ1n) is 6.54. The smallest absolute Gasteiger partial charge is 0.161 e. The first-order chi connectivity index (χ1) is 9.56. The van der Waals surface area contributed by atoms with Crippen molar-refractivity contribution in [2.75, 3.05) is 7.11 Å². The molecule has 1 aromatic carbocycles. The molecule has 1 aromatic heterocycles. The molecule has 2 rings (SSSR count). The van der Waals surface area contributed by atoms with E-state index in [4.69, 9.17) is 21.1 Å². The van der Waals surface area contributed by atoms with Gasteiger partial charge in [-0.15, -0.1) is 0 Å². The zero-order chi connectivity index (χ0) is 14.7. The van der Waals surface area contributed by atoms with Gasteiger partial charge in [-0.3, -0.25) is 4.68 Å². The van der Waals surface area contributed by atoms with Crippen molar-refractivity contribution < 1.29 is 9.47 Å². The lowest BCUT2D eigenvalue weighted by atomic mass is 10.1. The van der Waals surface area contributed by atoms with Crippen LogP contribution in [0.25, 0.3) is 0 Å². The molecule has 0 bridgehead atoms. The van der Waals surface area contributed by atoms with Gasteiger partial charge in [0.2, 0.25) is 0 Å². The number of aromatic nitrogens is 2. The van der Waals surface area contributed by atoms with Crippen LogP contribution in [-0.4, -0.2) is 16.9 Å². The van der Waals surface area contributed by atoms with E-state index in [-0.39, 0.29) is 0 Å². The van der Waals surface area contributed by atoms with E-state index in [9.17, 15) is 0 Å². The number of hydrogen-bond acceptors (Lipinski definition) is 3. The third-order valence-corrected chi connectivity index (χ3v) is 3.75. The summed E-state index contributed by atoms with van der Waals surface area (Å²) in [5, 5.41) is 4.87. The molecule has 2 aromatic rings. The largest absolute Gasteiger partial charge is 0.493 e. The molecule has 0 aliphatic carbocycles. The molecule has 0 amide bonds. The van der Waals surface area contributed by atoms with Crippen LogP contribution in [0.5, 0.6) is 11.5 Å². The standard InChI is InChI=1S/C15H19ClN2O2/c1-5-11-6-7-13(14(8-11)19-4)20-9-12-10(2)17-18(3)15(12)16/h6-8H,5,9H2,1-4H3. The van der Waals surface area contributed by atoms with Gasteiger partial charge in [-0.2, -0.15) is 5.10 Å². The SMILES string of the molecule is CCc1ccc(OCc2c(C)nn(C)c2Cl)c(OC)c1. The fraction of sp³-hybridized carbons (Fsp3) is 0.400. The van der Waals surface area contributed by atoms with Crippen LogP contribution in [0.3, 0.4) is 0 Å². The quantitative estimate of drug-likeness (QED) is 0.846. The molecular weight excluding hydrogens is 276 g/mol. The van der Waals surface area contributed by atoms with Crippen molar-refractivity contribution in [3.63, 3.8) is 0 Å². The van der Waals surface area contributed by atoms with E-state index >= 15 is 0 Å².